The van der Waals surface area contributed by atoms with Gasteiger partial charge in [0.05, 0.1) is 24.7 Å². The maximum Gasteiger partial charge on any atom is 0.266 e. The normalized spacial score (nSPS) is 15.9. The molecule has 2 N–H and O–H groups in total. The second-order valence-corrected chi connectivity index (χ2v) is 8.64. The van der Waals surface area contributed by atoms with Crippen LogP contribution in [-0.2, 0) is 16.0 Å². The number of thioether (sulfide) groups is 1. The van der Waals surface area contributed by atoms with E-state index in [2.05, 4.69) is 5.32 Å². The number of rotatable bonds is 9. The molecule has 2 aromatic carbocycles. The first kappa shape index (κ1) is 23.0. The van der Waals surface area contributed by atoms with Gasteiger partial charge in [0.2, 0.25) is 5.91 Å². The third-order valence-corrected chi connectivity index (χ3v) is 6.15. The lowest BCUT2D eigenvalue weighted by Gasteiger charge is -2.18. The number of amides is 2. The third kappa shape index (κ3) is 6.16. The van der Waals surface area contributed by atoms with Crippen LogP contribution in [0.2, 0.25) is 0 Å². The Hall–Kier alpha value is -2.68. The number of ether oxygens (including phenoxy) is 1. The Morgan fingerprint density at radius 2 is 1.94 bits per heavy atom. The molecule has 2 aromatic rings. The van der Waals surface area contributed by atoms with Crippen molar-refractivity contribution in [1.82, 2.24) is 10.2 Å². The molecule has 162 valence electrons. The second-order valence-electron chi connectivity index (χ2n) is 6.96. The van der Waals surface area contributed by atoms with Gasteiger partial charge in [-0.15, -0.1) is 0 Å². The van der Waals surface area contributed by atoms with Gasteiger partial charge in [-0.25, -0.2) is 0 Å². The highest BCUT2D eigenvalue weighted by atomic mass is 32.2. The van der Waals surface area contributed by atoms with E-state index in [-0.39, 0.29) is 37.4 Å². The fraction of sp³-hybridized carbons (Fsp3) is 0.261. The van der Waals surface area contributed by atoms with E-state index in [1.165, 1.54) is 16.7 Å². The topological polar surface area (TPSA) is 78.9 Å². The van der Waals surface area contributed by atoms with Crippen LogP contribution in [0.5, 0.6) is 5.75 Å². The van der Waals surface area contributed by atoms with Crippen molar-refractivity contribution < 1.29 is 19.4 Å². The zero-order valence-electron chi connectivity index (χ0n) is 17.1. The monoisotopic (exact) mass is 456 g/mol. The summed E-state index contributed by atoms with van der Waals surface area (Å²) < 4.78 is 5.75. The minimum absolute atomic E-state index is 0.0969. The molecule has 1 heterocycles. The molecular formula is C23H24N2O4S2. The maximum absolute atomic E-state index is 12.8. The van der Waals surface area contributed by atoms with E-state index in [0.29, 0.717) is 21.4 Å². The molecule has 8 heteroatoms. The standard InChI is InChI=1S/C23H24N2O4S2/c1-29-19-10-6-5-9-17(19)14-20-22(28)25(23(30)31-20)12-11-21(27)24-18(15-26)13-16-7-3-2-4-8-16/h2-10,14,18,26H,11-13,15H2,1H3,(H,24,27). The number of benzene rings is 2. The van der Waals surface area contributed by atoms with E-state index in [0.717, 1.165) is 11.1 Å². The van der Waals surface area contributed by atoms with Gasteiger partial charge in [0.1, 0.15) is 10.1 Å². The minimum atomic E-state index is -0.383. The van der Waals surface area contributed by atoms with Crippen molar-refractivity contribution >= 4 is 46.2 Å². The zero-order chi connectivity index (χ0) is 22.2. The smallest absolute Gasteiger partial charge is 0.266 e. The number of methoxy groups -OCH3 is 1. The number of carbonyl (C=O) groups is 2. The van der Waals surface area contributed by atoms with Crippen LogP contribution in [0.4, 0.5) is 0 Å². The lowest BCUT2D eigenvalue weighted by molar-refractivity contribution is -0.124. The fourth-order valence-electron chi connectivity index (χ4n) is 3.19. The highest BCUT2D eigenvalue weighted by Crippen LogP contribution is 2.34. The molecule has 2 amide bonds. The van der Waals surface area contributed by atoms with Gasteiger partial charge in [-0.2, -0.15) is 0 Å². The van der Waals surface area contributed by atoms with Gasteiger partial charge >= 0.3 is 0 Å². The van der Waals surface area contributed by atoms with E-state index < -0.39 is 0 Å². The predicted octanol–water partition coefficient (Wildman–Crippen LogP) is 3.01. The van der Waals surface area contributed by atoms with Crippen LogP contribution in [0.3, 0.4) is 0 Å². The Bertz CT molecular complexity index is 979. The maximum atomic E-state index is 12.8. The fourth-order valence-corrected chi connectivity index (χ4v) is 4.49. The van der Waals surface area contributed by atoms with E-state index in [1.54, 1.807) is 13.2 Å². The summed E-state index contributed by atoms with van der Waals surface area (Å²) in [5, 5.41) is 12.4. The average Bonchev–Trinajstić information content (AvgIpc) is 3.05. The highest BCUT2D eigenvalue weighted by Gasteiger charge is 2.32. The minimum Gasteiger partial charge on any atom is -0.496 e. The molecule has 1 unspecified atom stereocenters. The Kier molecular flexibility index (Phi) is 8.22. The zero-order valence-corrected chi connectivity index (χ0v) is 18.7. The van der Waals surface area contributed by atoms with E-state index in [4.69, 9.17) is 17.0 Å². The molecule has 0 saturated carbocycles. The molecule has 1 aliphatic heterocycles. The first-order valence-electron chi connectivity index (χ1n) is 9.84. The molecule has 3 rings (SSSR count). The molecular weight excluding hydrogens is 432 g/mol. The van der Waals surface area contributed by atoms with Crippen LogP contribution in [0.15, 0.2) is 59.5 Å². The lowest BCUT2D eigenvalue weighted by Crippen LogP contribution is -2.41. The van der Waals surface area contributed by atoms with Crippen LogP contribution < -0.4 is 10.1 Å². The predicted molar refractivity (Wildman–Crippen MR) is 127 cm³/mol. The average molecular weight is 457 g/mol. The first-order chi connectivity index (χ1) is 15.0. The molecule has 0 radical (unpaired) electrons. The Balaban J connectivity index is 1.57. The summed E-state index contributed by atoms with van der Waals surface area (Å²) in [5.41, 5.74) is 1.82. The Labute approximate surface area is 191 Å². The number of thiocarbonyl (C=S) groups is 1. The van der Waals surface area contributed by atoms with Crippen LogP contribution in [-0.4, -0.2) is 52.4 Å². The Morgan fingerprint density at radius 1 is 1.23 bits per heavy atom. The number of hydrogen-bond donors (Lipinski definition) is 2. The van der Waals surface area contributed by atoms with Crippen molar-refractivity contribution in [1.29, 1.82) is 0 Å². The van der Waals surface area contributed by atoms with Crippen molar-refractivity contribution in [2.75, 3.05) is 20.3 Å². The molecule has 1 saturated heterocycles. The summed E-state index contributed by atoms with van der Waals surface area (Å²) >= 11 is 6.56. The molecule has 0 spiro atoms. The van der Waals surface area contributed by atoms with E-state index in [9.17, 15) is 14.7 Å². The number of aliphatic hydroxyl groups excluding tert-OH is 1. The van der Waals surface area contributed by atoms with E-state index >= 15 is 0 Å². The van der Waals surface area contributed by atoms with Crippen LogP contribution in [0.1, 0.15) is 17.5 Å². The number of aliphatic hydroxyl groups is 1. The molecule has 1 aliphatic rings. The highest BCUT2D eigenvalue weighted by molar-refractivity contribution is 8.26. The Morgan fingerprint density at radius 3 is 2.65 bits per heavy atom. The summed E-state index contributed by atoms with van der Waals surface area (Å²) in [5.74, 6) is 0.204. The number of carbonyl (C=O) groups excluding carboxylic acids is 2. The van der Waals surface area contributed by atoms with Gasteiger partial charge < -0.3 is 15.2 Å². The van der Waals surface area contributed by atoms with Crippen LogP contribution in [0.25, 0.3) is 6.08 Å². The molecule has 0 aliphatic carbocycles. The van der Waals surface area contributed by atoms with Crippen molar-refractivity contribution in [2.45, 2.75) is 18.9 Å². The van der Waals surface area contributed by atoms with Crippen LogP contribution in [0, 0.1) is 0 Å². The molecule has 1 atom stereocenters. The van der Waals surface area contributed by atoms with Gasteiger partial charge in [-0.3, -0.25) is 14.5 Å². The number of para-hydroxylation sites is 1. The summed E-state index contributed by atoms with van der Waals surface area (Å²) in [6, 6.07) is 16.7. The van der Waals surface area contributed by atoms with Crippen molar-refractivity contribution in [3.05, 3.63) is 70.6 Å². The number of nitrogens with zero attached hydrogens (tertiary/aromatic N) is 1. The largest absolute Gasteiger partial charge is 0.496 e. The van der Waals surface area contributed by atoms with E-state index in [1.807, 2.05) is 54.6 Å². The molecule has 1 fully saturated rings. The number of nitrogens with one attached hydrogen (secondary N) is 1. The van der Waals surface area contributed by atoms with Gasteiger partial charge in [-0.1, -0.05) is 72.5 Å². The molecule has 31 heavy (non-hydrogen) atoms. The molecule has 0 aromatic heterocycles. The third-order valence-electron chi connectivity index (χ3n) is 4.77. The summed E-state index contributed by atoms with van der Waals surface area (Å²) in [6.45, 7) is 0.0204. The summed E-state index contributed by atoms with van der Waals surface area (Å²) in [6.07, 6.45) is 2.38. The summed E-state index contributed by atoms with van der Waals surface area (Å²) in [4.78, 5) is 27.1. The van der Waals surface area contributed by atoms with Gasteiger partial charge in [-0.05, 0) is 24.1 Å². The molecule has 0 bridgehead atoms. The van der Waals surface area contributed by atoms with Gasteiger partial charge in [0, 0.05) is 18.5 Å². The molecule has 6 nitrogen and oxygen atoms in total. The lowest BCUT2D eigenvalue weighted by atomic mass is 10.1. The van der Waals surface area contributed by atoms with Crippen molar-refractivity contribution in [2.24, 2.45) is 0 Å². The first-order valence-corrected chi connectivity index (χ1v) is 11.1. The number of hydrogen-bond acceptors (Lipinski definition) is 6. The van der Waals surface area contributed by atoms with Crippen molar-refractivity contribution in [3.8, 4) is 5.75 Å². The quantitative estimate of drug-likeness (QED) is 0.446. The van der Waals surface area contributed by atoms with Crippen LogP contribution >= 0.6 is 24.0 Å². The van der Waals surface area contributed by atoms with Gasteiger partial charge in [0.15, 0.2) is 0 Å². The summed E-state index contributed by atoms with van der Waals surface area (Å²) in [7, 11) is 1.58. The second kappa shape index (κ2) is 11.1. The van der Waals surface area contributed by atoms with Crippen molar-refractivity contribution in [3.63, 3.8) is 0 Å². The SMILES string of the molecule is COc1ccccc1C=C1SC(=S)N(CCC(=O)NC(CO)Cc2ccccc2)C1=O. The van der Waals surface area contributed by atoms with Gasteiger partial charge in [0.25, 0.3) is 5.91 Å².